The minimum atomic E-state index is -0.990. The Kier molecular flexibility index (Phi) is 2.49. The van der Waals surface area contributed by atoms with Crippen LogP contribution in [0.1, 0.15) is 29.6 Å². The molecule has 5 heteroatoms. The molecular weight excluding hydrogens is 276 g/mol. The average Bonchev–Trinajstić information content (AvgIpc) is 2.78. The number of nitrogen functional groups attached to an aromatic ring is 1. The molecule has 20 heavy (non-hydrogen) atoms. The maximum absolute atomic E-state index is 11.4. The lowest BCUT2D eigenvalue weighted by atomic mass is 10.0. The molecule has 0 heterocycles. The molecule has 4 N–H and O–H groups in total. The molecule has 3 aliphatic carbocycles. The number of benzene rings is 1. The molecule has 0 aliphatic heterocycles. The molecule has 1 aromatic carbocycles. The Labute approximate surface area is 122 Å². The molecule has 0 aromatic heterocycles. The monoisotopic (exact) mass is 292 g/mol. The van der Waals surface area contributed by atoms with Crippen molar-refractivity contribution < 1.29 is 9.90 Å². The van der Waals surface area contributed by atoms with Crippen molar-refractivity contribution in [1.29, 1.82) is 0 Å². The predicted octanol–water partition coefficient (Wildman–Crippen LogP) is 3.08. The minimum absolute atomic E-state index is 0.173. The Morgan fingerprint density at radius 1 is 1.30 bits per heavy atom. The summed E-state index contributed by atoms with van der Waals surface area (Å²) in [6.07, 6.45) is 4.05. The van der Waals surface area contributed by atoms with Crippen LogP contribution in [0.5, 0.6) is 0 Å². The third-order valence-corrected chi connectivity index (χ3v) is 5.69. The van der Waals surface area contributed by atoms with E-state index in [2.05, 4.69) is 5.32 Å². The highest BCUT2D eigenvalue weighted by atomic mass is 35.5. The van der Waals surface area contributed by atoms with Crippen molar-refractivity contribution in [1.82, 2.24) is 0 Å². The molecule has 4 rings (SSSR count). The van der Waals surface area contributed by atoms with E-state index >= 15 is 0 Å². The zero-order valence-corrected chi connectivity index (χ0v) is 11.7. The lowest BCUT2D eigenvalue weighted by Crippen LogP contribution is -2.16. The molecule has 4 unspecified atom stereocenters. The van der Waals surface area contributed by atoms with Crippen LogP contribution in [0.2, 0.25) is 5.02 Å². The SMILES string of the molecule is Nc1cc(Cl)c(NC2C3C4CCC(C4)C23)c(C(=O)O)c1. The number of rotatable bonds is 3. The Morgan fingerprint density at radius 2 is 1.95 bits per heavy atom. The van der Waals surface area contributed by atoms with Gasteiger partial charge in [0.2, 0.25) is 0 Å². The van der Waals surface area contributed by atoms with Crippen LogP contribution in [0.3, 0.4) is 0 Å². The fourth-order valence-electron chi connectivity index (χ4n) is 4.63. The lowest BCUT2D eigenvalue weighted by Gasteiger charge is -2.15. The van der Waals surface area contributed by atoms with Gasteiger partial charge in [-0.05, 0) is 55.1 Å². The minimum Gasteiger partial charge on any atom is -0.478 e. The summed E-state index contributed by atoms with van der Waals surface area (Å²) in [7, 11) is 0. The Morgan fingerprint density at radius 3 is 2.55 bits per heavy atom. The fraction of sp³-hybridized carbons (Fsp3) is 0.533. The molecule has 3 aliphatic rings. The van der Waals surface area contributed by atoms with Crippen molar-refractivity contribution in [2.24, 2.45) is 23.7 Å². The Bertz CT molecular complexity index is 588. The molecule has 106 valence electrons. The number of fused-ring (bicyclic) bond motifs is 5. The van der Waals surface area contributed by atoms with Crippen molar-refractivity contribution in [3.63, 3.8) is 0 Å². The first-order valence-corrected chi connectivity index (χ1v) is 7.53. The second-order valence-corrected chi connectivity index (χ2v) is 6.80. The number of aromatic carboxylic acids is 1. The maximum atomic E-state index is 11.4. The molecule has 4 nitrogen and oxygen atoms in total. The van der Waals surface area contributed by atoms with Crippen LogP contribution in [0.4, 0.5) is 11.4 Å². The highest BCUT2D eigenvalue weighted by molar-refractivity contribution is 6.34. The quantitative estimate of drug-likeness (QED) is 0.748. The van der Waals surface area contributed by atoms with Crippen LogP contribution in [0, 0.1) is 23.7 Å². The first kappa shape index (κ1) is 12.3. The molecule has 1 aromatic rings. The number of carboxylic acids is 1. The molecule has 0 radical (unpaired) electrons. The summed E-state index contributed by atoms with van der Waals surface area (Å²) in [4.78, 5) is 11.4. The zero-order chi connectivity index (χ0) is 14.0. The fourth-order valence-corrected chi connectivity index (χ4v) is 4.91. The van der Waals surface area contributed by atoms with Crippen LogP contribution < -0.4 is 11.1 Å². The third-order valence-electron chi connectivity index (χ3n) is 5.39. The van der Waals surface area contributed by atoms with Gasteiger partial charge in [-0.2, -0.15) is 0 Å². The summed E-state index contributed by atoms with van der Waals surface area (Å²) in [6, 6.07) is 3.49. The van der Waals surface area contributed by atoms with Crippen LogP contribution in [-0.4, -0.2) is 17.1 Å². The first-order chi connectivity index (χ1) is 9.56. The topological polar surface area (TPSA) is 75.3 Å². The predicted molar refractivity (Wildman–Crippen MR) is 78.0 cm³/mol. The molecule has 0 amide bonds. The number of nitrogens with one attached hydrogen (secondary N) is 1. The number of halogens is 1. The summed E-state index contributed by atoms with van der Waals surface area (Å²) in [5.41, 5.74) is 6.77. The van der Waals surface area contributed by atoms with Gasteiger partial charge in [-0.3, -0.25) is 0 Å². The zero-order valence-electron chi connectivity index (χ0n) is 11.0. The van der Waals surface area contributed by atoms with Crippen molar-refractivity contribution in [2.45, 2.75) is 25.3 Å². The van der Waals surface area contributed by atoms with Gasteiger partial charge < -0.3 is 16.2 Å². The van der Waals surface area contributed by atoms with Crippen molar-refractivity contribution in [2.75, 3.05) is 11.1 Å². The molecule has 2 bridgehead atoms. The average molecular weight is 293 g/mol. The van der Waals surface area contributed by atoms with Gasteiger partial charge in [0, 0.05) is 11.7 Å². The summed E-state index contributed by atoms with van der Waals surface area (Å²) in [5, 5.41) is 13.1. The van der Waals surface area contributed by atoms with Gasteiger partial charge >= 0.3 is 5.97 Å². The summed E-state index contributed by atoms with van der Waals surface area (Å²) >= 11 is 6.19. The highest BCUT2D eigenvalue weighted by Gasteiger charge is 2.65. The van der Waals surface area contributed by atoms with E-state index in [-0.39, 0.29) is 5.56 Å². The summed E-state index contributed by atoms with van der Waals surface area (Å²) in [5.74, 6) is 2.13. The van der Waals surface area contributed by atoms with Crippen LogP contribution in [0.25, 0.3) is 0 Å². The second kappa shape index (κ2) is 4.04. The lowest BCUT2D eigenvalue weighted by molar-refractivity contribution is 0.0698. The standard InChI is InChI=1S/C15H17ClN2O2/c16-10-5-8(17)4-9(15(19)20)13(10)18-14-11-6-1-2-7(3-6)12(11)14/h4-7,11-12,14,18H,1-3,17H2,(H,19,20). The molecule has 3 saturated carbocycles. The number of hydrogen-bond acceptors (Lipinski definition) is 3. The second-order valence-electron chi connectivity index (χ2n) is 6.39. The number of hydrogen-bond donors (Lipinski definition) is 3. The van der Waals surface area contributed by atoms with Crippen LogP contribution in [0.15, 0.2) is 12.1 Å². The largest absolute Gasteiger partial charge is 0.478 e. The van der Waals surface area contributed by atoms with E-state index in [4.69, 9.17) is 17.3 Å². The van der Waals surface area contributed by atoms with E-state index in [1.807, 2.05) is 0 Å². The van der Waals surface area contributed by atoms with Crippen LogP contribution >= 0.6 is 11.6 Å². The van der Waals surface area contributed by atoms with Crippen LogP contribution in [-0.2, 0) is 0 Å². The number of carbonyl (C=O) groups is 1. The molecule has 0 saturated heterocycles. The number of anilines is 2. The van der Waals surface area contributed by atoms with Gasteiger partial charge in [-0.15, -0.1) is 0 Å². The molecular formula is C15H17ClN2O2. The number of carboxylic acid groups (broad SMARTS) is 1. The van der Waals surface area contributed by atoms with Gasteiger partial charge in [-0.1, -0.05) is 11.6 Å². The van der Waals surface area contributed by atoms with Crippen molar-refractivity contribution in [3.8, 4) is 0 Å². The van der Waals surface area contributed by atoms with Gasteiger partial charge in [-0.25, -0.2) is 4.79 Å². The highest BCUT2D eigenvalue weighted by Crippen LogP contribution is 2.66. The Hall–Kier alpha value is -1.42. The third kappa shape index (κ3) is 1.64. The van der Waals surface area contributed by atoms with E-state index in [1.54, 1.807) is 6.07 Å². The van der Waals surface area contributed by atoms with E-state index in [9.17, 15) is 9.90 Å². The molecule has 4 atom stereocenters. The Balaban J connectivity index is 1.62. The van der Waals surface area contributed by atoms with Gasteiger partial charge in [0.25, 0.3) is 0 Å². The summed E-state index contributed by atoms with van der Waals surface area (Å²) in [6.45, 7) is 0. The van der Waals surface area contributed by atoms with Gasteiger partial charge in [0.15, 0.2) is 0 Å². The summed E-state index contributed by atoms with van der Waals surface area (Å²) < 4.78 is 0. The maximum Gasteiger partial charge on any atom is 0.337 e. The van der Waals surface area contributed by atoms with Gasteiger partial charge in [0.1, 0.15) is 0 Å². The van der Waals surface area contributed by atoms with E-state index in [1.165, 1.54) is 25.3 Å². The molecule has 3 fully saturated rings. The normalized spacial score (nSPS) is 36.8. The van der Waals surface area contributed by atoms with E-state index in [0.29, 0.717) is 22.4 Å². The van der Waals surface area contributed by atoms with E-state index in [0.717, 1.165) is 23.7 Å². The van der Waals surface area contributed by atoms with Crippen molar-refractivity contribution >= 4 is 28.9 Å². The number of nitrogens with two attached hydrogens (primary N) is 1. The molecule has 0 spiro atoms. The van der Waals surface area contributed by atoms with E-state index < -0.39 is 5.97 Å². The first-order valence-electron chi connectivity index (χ1n) is 7.15. The smallest absolute Gasteiger partial charge is 0.337 e. The van der Waals surface area contributed by atoms with Crippen molar-refractivity contribution in [3.05, 3.63) is 22.7 Å². The van der Waals surface area contributed by atoms with Gasteiger partial charge in [0.05, 0.1) is 16.3 Å².